The van der Waals surface area contributed by atoms with Gasteiger partial charge in [0.05, 0.1) is 9.86 Å². The summed E-state index contributed by atoms with van der Waals surface area (Å²) in [4.78, 5) is 0. The van der Waals surface area contributed by atoms with Crippen LogP contribution in [0.25, 0.3) is 0 Å². The van der Waals surface area contributed by atoms with Crippen molar-refractivity contribution in [3.63, 3.8) is 0 Å². The summed E-state index contributed by atoms with van der Waals surface area (Å²) >= 11 is 3.55. The third kappa shape index (κ3) is 1.18. The van der Waals surface area contributed by atoms with E-state index in [1.54, 1.807) is 0 Å². The molecule has 2 N–H and O–H groups in total. The summed E-state index contributed by atoms with van der Waals surface area (Å²) in [6.45, 7) is 4.06. The maximum Gasteiger partial charge on any atom is 0.0624 e. The summed E-state index contributed by atoms with van der Waals surface area (Å²) < 4.78 is -0.102. The molecule has 0 aromatic carbocycles. The highest BCUT2D eigenvalue weighted by atomic mass is 79.9. The van der Waals surface area contributed by atoms with Crippen LogP contribution in [0.2, 0.25) is 0 Å². The third-order valence-corrected chi connectivity index (χ3v) is 3.13. The van der Waals surface area contributed by atoms with Gasteiger partial charge < -0.3 is 5.73 Å². The second-order valence-corrected chi connectivity index (χ2v) is 4.72. The smallest absolute Gasteiger partial charge is 0.0624 e. The van der Waals surface area contributed by atoms with Gasteiger partial charge in [0.25, 0.3) is 0 Å². The van der Waals surface area contributed by atoms with Crippen molar-refractivity contribution in [2.45, 2.75) is 23.7 Å². The summed E-state index contributed by atoms with van der Waals surface area (Å²) in [6.07, 6.45) is 8.04. The molecule has 2 atom stereocenters. The fourth-order valence-corrected chi connectivity index (χ4v) is 1.12. The van der Waals surface area contributed by atoms with Gasteiger partial charge in [-0.2, -0.15) is 0 Å². The predicted octanol–water partition coefficient (Wildman–Crippen LogP) is 1.98. The second-order valence-electron chi connectivity index (χ2n) is 3.08. The van der Waals surface area contributed by atoms with E-state index in [0.29, 0.717) is 0 Å². The average molecular weight is 202 g/mol. The highest BCUT2D eigenvalue weighted by Gasteiger charge is 2.36. The van der Waals surface area contributed by atoms with E-state index in [2.05, 4.69) is 28.9 Å². The number of allylic oxidation sites excluding steroid dienone is 2. The van der Waals surface area contributed by atoms with Gasteiger partial charge in [-0.1, -0.05) is 40.2 Å². The minimum atomic E-state index is -0.276. The Kier molecular flexibility index (Phi) is 1.77. The van der Waals surface area contributed by atoms with Crippen molar-refractivity contribution in [2.75, 3.05) is 0 Å². The number of nitrogens with two attached hydrogens (primary N) is 1. The molecule has 56 valence electrons. The van der Waals surface area contributed by atoms with Gasteiger partial charge in [0.15, 0.2) is 0 Å². The summed E-state index contributed by atoms with van der Waals surface area (Å²) in [6, 6.07) is 0. The first kappa shape index (κ1) is 8.02. The summed E-state index contributed by atoms with van der Waals surface area (Å²) in [5.41, 5.74) is 5.69. The molecule has 0 heterocycles. The Balaban J connectivity index is 2.96. The highest BCUT2D eigenvalue weighted by Crippen LogP contribution is 2.33. The highest BCUT2D eigenvalue weighted by molar-refractivity contribution is 9.10. The predicted molar refractivity (Wildman–Crippen MR) is 48.2 cm³/mol. The molecule has 0 aromatic heterocycles. The van der Waals surface area contributed by atoms with Gasteiger partial charge in [-0.3, -0.25) is 0 Å². The number of halogens is 1. The lowest BCUT2D eigenvalue weighted by atomic mass is 9.84. The molecule has 0 aromatic rings. The van der Waals surface area contributed by atoms with Crippen molar-refractivity contribution in [1.29, 1.82) is 0 Å². The lowest BCUT2D eigenvalue weighted by Crippen LogP contribution is -2.51. The third-order valence-electron chi connectivity index (χ3n) is 2.02. The molecule has 2 unspecified atom stereocenters. The van der Waals surface area contributed by atoms with E-state index in [0.717, 1.165) is 0 Å². The quantitative estimate of drug-likeness (QED) is 0.597. The molecule has 0 saturated carbocycles. The number of hydrogen-bond donors (Lipinski definition) is 1. The first-order valence-electron chi connectivity index (χ1n) is 3.31. The van der Waals surface area contributed by atoms with E-state index in [-0.39, 0.29) is 9.86 Å². The van der Waals surface area contributed by atoms with Crippen LogP contribution in [0.4, 0.5) is 0 Å². The average Bonchev–Trinajstić information content (AvgIpc) is 1.77. The molecule has 1 rings (SSSR count). The van der Waals surface area contributed by atoms with Crippen molar-refractivity contribution in [3.05, 3.63) is 24.3 Å². The fourth-order valence-electron chi connectivity index (χ4n) is 0.834. The number of rotatable bonds is 0. The Labute approximate surface area is 70.1 Å². The topological polar surface area (TPSA) is 26.0 Å². The minimum Gasteiger partial charge on any atom is -0.321 e. The van der Waals surface area contributed by atoms with Gasteiger partial charge >= 0.3 is 0 Å². The van der Waals surface area contributed by atoms with E-state index < -0.39 is 0 Å². The van der Waals surface area contributed by atoms with Crippen LogP contribution >= 0.6 is 15.9 Å². The number of hydrogen-bond acceptors (Lipinski definition) is 1. The molecule has 0 amide bonds. The molecule has 10 heavy (non-hydrogen) atoms. The van der Waals surface area contributed by atoms with Crippen LogP contribution in [-0.4, -0.2) is 9.86 Å². The zero-order chi connectivity index (χ0) is 7.83. The van der Waals surface area contributed by atoms with Crippen LogP contribution in [0.3, 0.4) is 0 Å². The molecule has 0 radical (unpaired) electrons. The molecule has 0 fully saturated rings. The van der Waals surface area contributed by atoms with Crippen LogP contribution in [0.15, 0.2) is 24.3 Å². The zero-order valence-corrected chi connectivity index (χ0v) is 7.85. The molecule has 2 heteroatoms. The van der Waals surface area contributed by atoms with E-state index in [4.69, 9.17) is 5.73 Å². The van der Waals surface area contributed by atoms with Crippen molar-refractivity contribution >= 4 is 15.9 Å². The molecule has 0 saturated heterocycles. The van der Waals surface area contributed by atoms with Crippen LogP contribution in [-0.2, 0) is 0 Å². The lowest BCUT2D eigenvalue weighted by Gasteiger charge is -2.36. The molecule has 0 bridgehead atoms. The number of alkyl halides is 1. The maximum atomic E-state index is 5.97. The van der Waals surface area contributed by atoms with Crippen LogP contribution in [0, 0.1) is 0 Å². The fraction of sp³-hybridized carbons (Fsp3) is 0.500. The SMILES string of the molecule is CC1(N)C=CC=CC1(C)Br. The first-order chi connectivity index (χ1) is 4.46. The standard InChI is InChI=1S/C8H12BrN/c1-7(9)5-3-4-6-8(7,2)10/h3-6H,10H2,1-2H3. The minimum absolute atomic E-state index is 0.102. The summed E-state index contributed by atoms with van der Waals surface area (Å²) in [5.74, 6) is 0. The Hall–Kier alpha value is -0.0800. The Morgan fingerprint density at radius 2 is 1.70 bits per heavy atom. The Morgan fingerprint density at radius 3 is 2.00 bits per heavy atom. The maximum absolute atomic E-state index is 5.97. The molecular weight excluding hydrogens is 190 g/mol. The van der Waals surface area contributed by atoms with Crippen molar-refractivity contribution in [1.82, 2.24) is 0 Å². The van der Waals surface area contributed by atoms with Crippen LogP contribution < -0.4 is 5.73 Å². The molecule has 0 spiro atoms. The summed E-state index contributed by atoms with van der Waals surface area (Å²) in [5, 5.41) is 0. The van der Waals surface area contributed by atoms with Gasteiger partial charge in [0.2, 0.25) is 0 Å². The van der Waals surface area contributed by atoms with Gasteiger partial charge in [-0.25, -0.2) is 0 Å². The van der Waals surface area contributed by atoms with Crippen LogP contribution in [0.1, 0.15) is 13.8 Å². The molecule has 1 aliphatic carbocycles. The van der Waals surface area contributed by atoms with Crippen molar-refractivity contribution in [2.24, 2.45) is 5.73 Å². The zero-order valence-electron chi connectivity index (χ0n) is 6.26. The Bertz CT molecular complexity index is 167. The molecule has 1 nitrogen and oxygen atoms in total. The second kappa shape index (κ2) is 2.21. The first-order valence-corrected chi connectivity index (χ1v) is 4.10. The van der Waals surface area contributed by atoms with E-state index in [1.807, 2.05) is 25.2 Å². The van der Waals surface area contributed by atoms with Crippen molar-refractivity contribution in [3.8, 4) is 0 Å². The van der Waals surface area contributed by atoms with Gasteiger partial charge in [0, 0.05) is 0 Å². The molecule has 1 aliphatic rings. The van der Waals surface area contributed by atoms with Crippen LogP contribution in [0.5, 0.6) is 0 Å². The van der Waals surface area contributed by atoms with Gasteiger partial charge in [0.1, 0.15) is 0 Å². The summed E-state index contributed by atoms with van der Waals surface area (Å²) in [7, 11) is 0. The van der Waals surface area contributed by atoms with Gasteiger partial charge in [-0.15, -0.1) is 0 Å². The largest absolute Gasteiger partial charge is 0.321 e. The normalized spacial score (nSPS) is 46.0. The molecular formula is C8H12BrN. The van der Waals surface area contributed by atoms with E-state index in [1.165, 1.54) is 0 Å². The monoisotopic (exact) mass is 201 g/mol. The Morgan fingerprint density at radius 1 is 1.20 bits per heavy atom. The van der Waals surface area contributed by atoms with Crippen molar-refractivity contribution < 1.29 is 0 Å². The molecule has 0 aliphatic heterocycles. The van der Waals surface area contributed by atoms with E-state index >= 15 is 0 Å². The lowest BCUT2D eigenvalue weighted by molar-refractivity contribution is 0.503. The van der Waals surface area contributed by atoms with E-state index in [9.17, 15) is 0 Å². The van der Waals surface area contributed by atoms with Gasteiger partial charge in [-0.05, 0) is 13.8 Å².